The molecule has 0 aliphatic heterocycles. The zero-order valence-corrected chi connectivity index (χ0v) is 12.6. The fourth-order valence-corrected chi connectivity index (χ4v) is 2.85. The van der Waals surface area contributed by atoms with Crippen molar-refractivity contribution in [2.45, 2.75) is 20.4 Å². The number of thiazole rings is 1. The molecule has 0 unspecified atom stereocenters. The number of carbonyl (C=O) groups is 1. The lowest BCUT2D eigenvalue weighted by molar-refractivity contribution is 0.0605. The first-order valence-corrected chi connectivity index (χ1v) is 7.18. The largest absolute Gasteiger partial charge is 0.465 e. The number of aryl methyl sites for hydroxylation is 1. The van der Waals surface area contributed by atoms with Crippen LogP contribution in [0.25, 0.3) is 0 Å². The monoisotopic (exact) mass is 291 g/mol. The summed E-state index contributed by atoms with van der Waals surface area (Å²) in [6.45, 7) is 5.34. The third-order valence-corrected chi connectivity index (χ3v) is 4.09. The van der Waals surface area contributed by atoms with E-state index in [9.17, 15) is 4.79 Å². The van der Waals surface area contributed by atoms with E-state index in [4.69, 9.17) is 4.74 Å². The molecule has 2 rings (SSSR count). The second-order valence-corrected chi connectivity index (χ2v) is 5.22. The highest BCUT2D eigenvalue weighted by molar-refractivity contribution is 7.17. The minimum Gasteiger partial charge on any atom is -0.465 e. The van der Waals surface area contributed by atoms with E-state index in [0.29, 0.717) is 17.1 Å². The van der Waals surface area contributed by atoms with Crippen LogP contribution >= 0.6 is 11.3 Å². The fourth-order valence-electron chi connectivity index (χ4n) is 1.80. The highest BCUT2D eigenvalue weighted by Crippen LogP contribution is 2.27. The molecular weight excluding hydrogens is 274 g/mol. The number of hydrogen-bond acceptors (Lipinski definition) is 6. The van der Waals surface area contributed by atoms with Gasteiger partial charge >= 0.3 is 5.97 Å². The number of aromatic nitrogens is 2. The van der Waals surface area contributed by atoms with Crippen molar-refractivity contribution in [1.29, 1.82) is 0 Å². The molecule has 20 heavy (non-hydrogen) atoms. The number of anilines is 1. The summed E-state index contributed by atoms with van der Waals surface area (Å²) in [5, 5.41) is 0.816. The Morgan fingerprint density at radius 3 is 2.85 bits per heavy atom. The summed E-state index contributed by atoms with van der Waals surface area (Å²) in [7, 11) is 1.38. The van der Waals surface area contributed by atoms with Crippen molar-refractivity contribution in [2.75, 3.05) is 18.6 Å². The van der Waals surface area contributed by atoms with Gasteiger partial charge in [-0.25, -0.2) is 9.78 Å². The maximum absolute atomic E-state index is 11.6. The number of nitrogens with zero attached hydrogens (tertiary/aromatic N) is 3. The van der Waals surface area contributed by atoms with Gasteiger partial charge in [-0.05, 0) is 26.0 Å². The highest BCUT2D eigenvalue weighted by atomic mass is 32.1. The molecule has 0 bridgehead atoms. The Balaban J connectivity index is 2.22. The number of rotatable bonds is 5. The van der Waals surface area contributed by atoms with Crippen molar-refractivity contribution in [3.63, 3.8) is 0 Å². The molecule has 0 radical (unpaired) electrons. The second-order valence-electron chi connectivity index (χ2n) is 4.24. The Hall–Kier alpha value is -1.95. The first kappa shape index (κ1) is 14.5. The standard InChI is InChI=1S/C14H17N3O2S/c1-4-17(9-11-7-5-6-8-15-11)14-16-10(2)12(20-14)13(18)19-3/h5-8H,4,9H2,1-3H3. The molecule has 0 spiro atoms. The van der Waals surface area contributed by atoms with E-state index in [1.807, 2.05) is 25.1 Å². The van der Waals surface area contributed by atoms with Crippen LogP contribution in [0.2, 0.25) is 0 Å². The van der Waals surface area contributed by atoms with Crippen molar-refractivity contribution in [3.05, 3.63) is 40.7 Å². The maximum atomic E-state index is 11.6. The normalized spacial score (nSPS) is 10.3. The van der Waals surface area contributed by atoms with Crippen molar-refractivity contribution in [3.8, 4) is 0 Å². The van der Waals surface area contributed by atoms with Crippen LogP contribution in [0.5, 0.6) is 0 Å². The second kappa shape index (κ2) is 6.47. The third-order valence-electron chi connectivity index (χ3n) is 2.89. The zero-order valence-electron chi connectivity index (χ0n) is 11.8. The van der Waals surface area contributed by atoms with Crippen LogP contribution in [0.4, 0.5) is 5.13 Å². The number of pyridine rings is 1. The van der Waals surface area contributed by atoms with Gasteiger partial charge in [0, 0.05) is 12.7 Å². The molecule has 2 aromatic heterocycles. The summed E-state index contributed by atoms with van der Waals surface area (Å²) in [5.74, 6) is -0.333. The van der Waals surface area contributed by atoms with E-state index in [1.165, 1.54) is 18.4 Å². The number of carbonyl (C=O) groups excluding carboxylic acids is 1. The molecule has 0 N–H and O–H groups in total. The lowest BCUT2D eigenvalue weighted by Crippen LogP contribution is -2.22. The Bertz CT molecular complexity index is 583. The van der Waals surface area contributed by atoms with Crippen LogP contribution in [0.15, 0.2) is 24.4 Å². The zero-order chi connectivity index (χ0) is 14.5. The SMILES string of the molecule is CCN(Cc1ccccn1)c1nc(C)c(C(=O)OC)s1. The molecule has 0 aliphatic rings. The van der Waals surface area contributed by atoms with Gasteiger partial charge in [0.1, 0.15) is 4.88 Å². The summed E-state index contributed by atoms with van der Waals surface area (Å²) < 4.78 is 4.76. The Labute approximate surface area is 122 Å². The van der Waals surface area contributed by atoms with Crippen LogP contribution in [-0.4, -0.2) is 29.6 Å². The summed E-state index contributed by atoms with van der Waals surface area (Å²) in [6.07, 6.45) is 1.77. The van der Waals surface area contributed by atoms with E-state index in [2.05, 4.69) is 21.8 Å². The van der Waals surface area contributed by atoms with Gasteiger partial charge in [-0.3, -0.25) is 4.98 Å². The summed E-state index contributed by atoms with van der Waals surface area (Å²) in [5.41, 5.74) is 1.68. The number of hydrogen-bond donors (Lipinski definition) is 0. The Morgan fingerprint density at radius 1 is 1.45 bits per heavy atom. The molecule has 0 fully saturated rings. The third kappa shape index (κ3) is 3.14. The smallest absolute Gasteiger partial charge is 0.350 e. The Morgan fingerprint density at radius 2 is 2.25 bits per heavy atom. The van der Waals surface area contributed by atoms with E-state index < -0.39 is 0 Å². The lowest BCUT2D eigenvalue weighted by atomic mass is 10.3. The quantitative estimate of drug-likeness (QED) is 0.793. The lowest BCUT2D eigenvalue weighted by Gasteiger charge is -2.18. The molecule has 106 valence electrons. The van der Waals surface area contributed by atoms with Crippen molar-refractivity contribution in [2.24, 2.45) is 0 Å². The topological polar surface area (TPSA) is 55.3 Å². The van der Waals surface area contributed by atoms with Gasteiger partial charge in [-0.2, -0.15) is 0 Å². The van der Waals surface area contributed by atoms with Crippen LogP contribution in [-0.2, 0) is 11.3 Å². The minimum atomic E-state index is -0.333. The minimum absolute atomic E-state index is 0.333. The van der Waals surface area contributed by atoms with Crippen molar-refractivity contribution >= 4 is 22.4 Å². The van der Waals surface area contributed by atoms with Gasteiger partial charge in [0.2, 0.25) is 0 Å². The maximum Gasteiger partial charge on any atom is 0.350 e. The van der Waals surface area contributed by atoms with Gasteiger partial charge < -0.3 is 9.64 Å². The molecule has 5 nitrogen and oxygen atoms in total. The average molecular weight is 291 g/mol. The number of esters is 1. The van der Waals surface area contributed by atoms with Gasteiger partial charge in [0.05, 0.1) is 25.0 Å². The molecule has 2 heterocycles. The van der Waals surface area contributed by atoms with E-state index in [0.717, 1.165) is 17.4 Å². The number of ether oxygens (including phenoxy) is 1. The van der Waals surface area contributed by atoms with Gasteiger partial charge in [0.15, 0.2) is 5.13 Å². The molecular formula is C14H17N3O2S. The molecule has 6 heteroatoms. The van der Waals surface area contributed by atoms with Gasteiger partial charge in [-0.15, -0.1) is 0 Å². The Kier molecular flexibility index (Phi) is 4.68. The fraction of sp³-hybridized carbons (Fsp3) is 0.357. The van der Waals surface area contributed by atoms with Crippen LogP contribution < -0.4 is 4.90 Å². The highest BCUT2D eigenvalue weighted by Gasteiger charge is 2.18. The predicted molar refractivity (Wildman–Crippen MR) is 79.2 cm³/mol. The average Bonchev–Trinajstić information content (AvgIpc) is 2.87. The summed E-state index contributed by atoms with van der Waals surface area (Å²) >= 11 is 1.36. The first-order chi connectivity index (χ1) is 9.65. The molecule has 0 saturated carbocycles. The van der Waals surface area contributed by atoms with E-state index in [-0.39, 0.29) is 5.97 Å². The molecule has 0 amide bonds. The molecule has 0 atom stereocenters. The molecule has 0 saturated heterocycles. The summed E-state index contributed by atoms with van der Waals surface area (Å²) in [4.78, 5) is 23.1. The van der Waals surface area contributed by atoms with Gasteiger partial charge in [0.25, 0.3) is 0 Å². The number of methoxy groups -OCH3 is 1. The molecule has 2 aromatic rings. The van der Waals surface area contributed by atoms with Crippen molar-refractivity contribution < 1.29 is 9.53 Å². The van der Waals surface area contributed by atoms with Crippen LogP contribution in [0.1, 0.15) is 28.0 Å². The van der Waals surface area contributed by atoms with E-state index >= 15 is 0 Å². The van der Waals surface area contributed by atoms with Crippen LogP contribution in [0, 0.1) is 6.92 Å². The van der Waals surface area contributed by atoms with Crippen molar-refractivity contribution in [1.82, 2.24) is 9.97 Å². The molecule has 0 aromatic carbocycles. The molecule has 0 aliphatic carbocycles. The van der Waals surface area contributed by atoms with E-state index in [1.54, 1.807) is 6.20 Å². The first-order valence-electron chi connectivity index (χ1n) is 6.36. The predicted octanol–water partition coefficient (Wildman–Crippen LogP) is 2.66. The van der Waals surface area contributed by atoms with Crippen LogP contribution in [0.3, 0.4) is 0 Å². The summed E-state index contributed by atoms with van der Waals surface area (Å²) in [6, 6.07) is 5.83. The van der Waals surface area contributed by atoms with Gasteiger partial charge in [-0.1, -0.05) is 17.4 Å².